The minimum atomic E-state index is 0.576. The first-order valence-corrected chi connectivity index (χ1v) is 15.4. The van der Waals surface area contributed by atoms with Gasteiger partial charge in [0.25, 0.3) is 0 Å². The highest BCUT2D eigenvalue weighted by molar-refractivity contribution is 6.15. The first kappa shape index (κ1) is 27.4. The van der Waals surface area contributed by atoms with Crippen LogP contribution in [0.15, 0.2) is 168 Å². The number of para-hydroxylation sites is 1. The molecule has 1 aliphatic rings. The first-order valence-electron chi connectivity index (χ1n) is 15.4. The Kier molecular flexibility index (Phi) is 7.01. The number of rotatable bonds is 6. The zero-order valence-corrected chi connectivity index (χ0v) is 25.1. The predicted octanol–water partition coefficient (Wildman–Crippen LogP) is 10.9. The van der Waals surface area contributed by atoms with E-state index >= 15 is 0 Å². The molecule has 1 aliphatic carbocycles. The fourth-order valence-corrected chi connectivity index (χ4v) is 6.13. The average Bonchev–Trinajstić information content (AvgIpc) is 3.50. The van der Waals surface area contributed by atoms with E-state index in [1.54, 1.807) is 6.08 Å². The van der Waals surface area contributed by atoms with Gasteiger partial charge in [-0.25, -0.2) is 15.0 Å². The third-order valence-electron chi connectivity index (χ3n) is 8.30. The Morgan fingerprint density at radius 2 is 1.50 bits per heavy atom. The minimum absolute atomic E-state index is 0.576. The maximum Gasteiger partial charge on any atom is 0.165 e. The lowest BCUT2D eigenvalue weighted by atomic mass is 9.94. The van der Waals surface area contributed by atoms with E-state index in [0.717, 1.165) is 72.5 Å². The summed E-state index contributed by atoms with van der Waals surface area (Å²) in [6, 6.07) is 37.4. The number of hydrogen-bond acceptors (Lipinski definition) is 4. The maximum absolute atomic E-state index is 6.37. The summed E-state index contributed by atoms with van der Waals surface area (Å²) in [6.07, 6.45) is 15.1. The molecule has 0 fully saturated rings. The second-order valence-corrected chi connectivity index (χ2v) is 11.3. The maximum atomic E-state index is 6.37. The summed E-state index contributed by atoms with van der Waals surface area (Å²) in [5, 5.41) is 4.28. The topological polar surface area (TPSA) is 51.8 Å². The van der Waals surface area contributed by atoms with Crippen LogP contribution < -0.4 is 0 Å². The Labute approximate surface area is 267 Å². The molecule has 46 heavy (non-hydrogen) atoms. The van der Waals surface area contributed by atoms with Gasteiger partial charge < -0.3 is 4.42 Å². The molecule has 218 valence electrons. The minimum Gasteiger partial charge on any atom is -0.456 e. The molecule has 4 heteroatoms. The van der Waals surface area contributed by atoms with Crippen molar-refractivity contribution in [2.75, 3.05) is 0 Å². The van der Waals surface area contributed by atoms with Crippen LogP contribution in [-0.2, 0) is 0 Å². The van der Waals surface area contributed by atoms with Crippen molar-refractivity contribution in [2.45, 2.75) is 6.42 Å². The average molecular weight is 592 g/mol. The molecule has 2 aromatic heterocycles. The summed E-state index contributed by atoms with van der Waals surface area (Å²) in [5.74, 6) is 1.76. The fourth-order valence-electron chi connectivity index (χ4n) is 6.13. The Hall–Kier alpha value is -6.13. The molecule has 0 radical (unpaired) electrons. The number of fused-ring (bicyclic) bond motifs is 4. The number of nitrogens with zero attached hydrogens (tertiary/aromatic N) is 3. The summed E-state index contributed by atoms with van der Waals surface area (Å²) < 4.78 is 6.37. The zero-order chi connectivity index (χ0) is 30.9. The molecule has 0 amide bonds. The Balaban J connectivity index is 1.45. The molecule has 0 unspecified atom stereocenters. The van der Waals surface area contributed by atoms with Gasteiger partial charge >= 0.3 is 0 Å². The predicted molar refractivity (Wildman–Crippen MR) is 190 cm³/mol. The first-order chi connectivity index (χ1) is 22.7. The molecular weight excluding hydrogens is 562 g/mol. The van der Waals surface area contributed by atoms with Crippen LogP contribution >= 0.6 is 0 Å². The van der Waals surface area contributed by atoms with Crippen LogP contribution in [0.5, 0.6) is 0 Å². The Bertz CT molecular complexity index is 2410. The van der Waals surface area contributed by atoms with Crippen molar-refractivity contribution in [1.29, 1.82) is 0 Å². The molecule has 0 bridgehead atoms. The van der Waals surface area contributed by atoms with Gasteiger partial charge in [0, 0.05) is 27.5 Å². The lowest BCUT2D eigenvalue weighted by Gasteiger charge is -2.14. The van der Waals surface area contributed by atoms with Gasteiger partial charge in [-0.3, -0.25) is 0 Å². The molecule has 0 saturated heterocycles. The normalized spacial score (nSPS) is 14.1. The molecule has 0 saturated carbocycles. The molecule has 2 heterocycles. The van der Waals surface area contributed by atoms with Crippen LogP contribution in [0.1, 0.15) is 12.2 Å². The second-order valence-electron chi connectivity index (χ2n) is 11.3. The van der Waals surface area contributed by atoms with Gasteiger partial charge in [0.15, 0.2) is 17.5 Å². The number of aromatic nitrogens is 3. The van der Waals surface area contributed by atoms with Crippen molar-refractivity contribution in [1.82, 2.24) is 15.0 Å². The van der Waals surface area contributed by atoms with E-state index in [1.807, 2.05) is 36.4 Å². The van der Waals surface area contributed by atoms with Crippen LogP contribution in [0, 0.1) is 0 Å². The third-order valence-corrected chi connectivity index (χ3v) is 8.30. The summed E-state index contributed by atoms with van der Waals surface area (Å²) in [7, 11) is 0. The van der Waals surface area contributed by atoms with Crippen LogP contribution in [0.25, 0.3) is 72.2 Å². The number of benzene rings is 5. The van der Waals surface area contributed by atoms with Gasteiger partial charge in [0.05, 0.1) is 0 Å². The van der Waals surface area contributed by atoms with Crippen LogP contribution in [0.4, 0.5) is 0 Å². The van der Waals surface area contributed by atoms with Gasteiger partial charge in [-0.15, -0.1) is 0 Å². The highest BCUT2D eigenvalue weighted by Gasteiger charge is 2.22. The highest BCUT2D eigenvalue weighted by atomic mass is 16.3. The Morgan fingerprint density at radius 3 is 2.35 bits per heavy atom. The van der Waals surface area contributed by atoms with E-state index < -0.39 is 0 Å². The van der Waals surface area contributed by atoms with Crippen molar-refractivity contribution >= 4 is 38.3 Å². The molecule has 0 spiro atoms. The molecule has 4 nitrogen and oxygen atoms in total. The van der Waals surface area contributed by atoms with Gasteiger partial charge in [-0.1, -0.05) is 128 Å². The highest BCUT2D eigenvalue weighted by Crippen LogP contribution is 2.42. The number of allylic oxidation sites excluding steroid dienone is 9. The van der Waals surface area contributed by atoms with Crippen molar-refractivity contribution in [3.63, 3.8) is 0 Å². The fraction of sp³-hybridized carbons (Fsp3) is 0.0238. The van der Waals surface area contributed by atoms with Crippen molar-refractivity contribution in [2.24, 2.45) is 0 Å². The van der Waals surface area contributed by atoms with Crippen LogP contribution in [-0.4, -0.2) is 15.0 Å². The molecule has 0 aliphatic heterocycles. The summed E-state index contributed by atoms with van der Waals surface area (Å²) in [5.41, 5.74) is 7.55. The molecule has 0 atom stereocenters. The molecule has 7 aromatic rings. The van der Waals surface area contributed by atoms with E-state index in [-0.39, 0.29) is 0 Å². The quantitative estimate of drug-likeness (QED) is 0.181. The smallest absolute Gasteiger partial charge is 0.165 e. The lowest BCUT2D eigenvalue weighted by molar-refractivity contribution is 0.669. The van der Waals surface area contributed by atoms with E-state index in [4.69, 9.17) is 19.4 Å². The lowest BCUT2D eigenvalue weighted by Crippen LogP contribution is -2.04. The molecular formula is C42H29N3O. The molecule has 5 aromatic carbocycles. The van der Waals surface area contributed by atoms with Crippen LogP contribution in [0.3, 0.4) is 0 Å². The van der Waals surface area contributed by atoms with E-state index in [1.165, 1.54) is 0 Å². The van der Waals surface area contributed by atoms with E-state index in [2.05, 4.69) is 116 Å². The van der Waals surface area contributed by atoms with Crippen molar-refractivity contribution in [3.05, 3.63) is 170 Å². The van der Waals surface area contributed by atoms with Gasteiger partial charge in [-0.05, 0) is 64.2 Å². The monoisotopic (exact) mass is 591 g/mol. The molecule has 0 N–H and O–H groups in total. The van der Waals surface area contributed by atoms with Crippen molar-refractivity contribution in [3.8, 4) is 33.9 Å². The number of hydrogen-bond donors (Lipinski definition) is 0. The van der Waals surface area contributed by atoms with Crippen LogP contribution in [0.2, 0.25) is 0 Å². The molecule has 8 rings (SSSR count). The third kappa shape index (κ3) is 5.06. The van der Waals surface area contributed by atoms with Gasteiger partial charge in [0.2, 0.25) is 0 Å². The Morgan fingerprint density at radius 1 is 0.696 bits per heavy atom. The number of furan rings is 1. The van der Waals surface area contributed by atoms with Gasteiger partial charge in [0.1, 0.15) is 11.2 Å². The SMILES string of the molecule is C=C/C=C(\C=C1\C=CC=CC1)c1nc(-c2ccc3ccccc3c2)nc(-c2c(-c3ccccc3)ccc3oc4ccccc4c23)n1. The summed E-state index contributed by atoms with van der Waals surface area (Å²) in [6.45, 7) is 4.02. The van der Waals surface area contributed by atoms with E-state index in [9.17, 15) is 0 Å². The summed E-state index contributed by atoms with van der Waals surface area (Å²) in [4.78, 5) is 15.6. The van der Waals surface area contributed by atoms with Gasteiger partial charge in [-0.2, -0.15) is 0 Å². The standard InChI is InChI=1S/C42H29N3O/c1-2-13-32(26-28-14-5-3-6-15-28)40-43-41(33-23-22-29-16-9-10-19-31(29)27-33)45-42(44-40)39-34(30-17-7-4-8-18-30)24-25-37-38(39)35-20-11-12-21-36(35)46-37/h2-14,16-27H,1,15H2/b28-26-,32-13+. The second kappa shape index (κ2) is 11.8. The summed E-state index contributed by atoms with van der Waals surface area (Å²) >= 11 is 0. The van der Waals surface area contributed by atoms with E-state index in [0.29, 0.717) is 17.5 Å². The largest absolute Gasteiger partial charge is 0.456 e. The zero-order valence-electron chi connectivity index (χ0n) is 25.1. The van der Waals surface area contributed by atoms with Crippen molar-refractivity contribution < 1.29 is 4.42 Å².